The SMILES string of the molecule is CCOC(=O)c1ccnc(Nc2c(Cl)cccc2Cl)c1N. The van der Waals surface area contributed by atoms with E-state index in [4.69, 9.17) is 33.7 Å². The first-order valence-electron chi connectivity index (χ1n) is 6.17. The molecule has 0 saturated carbocycles. The quantitative estimate of drug-likeness (QED) is 0.834. The molecule has 0 fully saturated rings. The molecular weight excluding hydrogens is 313 g/mol. The van der Waals surface area contributed by atoms with Crippen LogP contribution in [-0.4, -0.2) is 17.6 Å². The first-order valence-corrected chi connectivity index (χ1v) is 6.92. The third-order valence-electron chi connectivity index (χ3n) is 2.69. The largest absolute Gasteiger partial charge is 0.462 e. The Bertz CT molecular complexity index is 657. The van der Waals surface area contributed by atoms with Gasteiger partial charge in [0.15, 0.2) is 5.82 Å². The summed E-state index contributed by atoms with van der Waals surface area (Å²) in [6.07, 6.45) is 1.45. The average molecular weight is 326 g/mol. The van der Waals surface area contributed by atoms with Crippen LogP contribution in [0.1, 0.15) is 17.3 Å². The van der Waals surface area contributed by atoms with Gasteiger partial charge >= 0.3 is 5.97 Å². The number of hydrogen-bond acceptors (Lipinski definition) is 5. The van der Waals surface area contributed by atoms with Crippen molar-refractivity contribution in [1.29, 1.82) is 0 Å². The third-order valence-corrected chi connectivity index (χ3v) is 3.32. The van der Waals surface area contributed by atoms with Gasteiger partial charge in [0.05, 0.1) is 33.6 Å². The number of rotatable bonds is 4. The zero-order valence-corrected chi connectivity index (χ0v) is 12.7. The van der Waals surface area contributed by atoms with Crippen molar-refractivity contribution in [2.24, 2.45) is 0 Å². The van der Waals surface area contributed by atoms with Gasteiger partial charge in [-0.2, -0.15) is 0 Å². The maximum atomic E-state index is 11.8. The fourth-order valence-electron chi connectivity index (χ4n) is 1.70. The van der Waals surface area contributed by atoms with E-state index in [0.29, 0.717) is 15.7 Å². The number of nitrogens with zero attached hydrogens (tertiary/aromatic N) is 1. The Labute approximate surface area is 132 Å². The topological polar surface area (TPSA) is 77.2 Å². The molecule has 0 spiro atoms. The number of hydrogen-bond donors (Lipinski definition) is 2. The zero-order chi connectivity index (χ0) is 15.4. The molecule has 0 unspecified atom stereocenters. The van der Waals surface area contributed by atoms with E-state index in [-0.39, 0.29) is 23.7 Å². The molecule has 21 heavy (non-hydrogen) atoms. The summed E-state index contributed by atoms with van der Waals surface area (Å²) >= 11 is 12.2. The van der Waals surface area contributed by atoms with Crippen molar-refractivity contribution in [2.75, 3.05) is 17.7 Å². The van der Waals surface area contributed by atoms with E-state index < -0.39 is 5.97 Å². The van der Waals surface area contributed by atoms with Crippen molar-refractivity contribution in [3.8, 4) is 0 Å². The molecule has 2 aromatic rings. The number of nitrogen functional groups attached to an aromatic ring is 1. The number of esters is 1. The maximum Gasteiger partial charge on any atom is 0.340 e. The Hall–Kier alpha value is -1.98. The van der Waals surface area contributed by atoms with Crippen LogP contribution < -0.4 is 11.1 Å². The Morgan fingerprint density at radius 1 is 1.33 bits per heavy atom. The monoisotopic (exact) mass is 325 g/mol. The van der Waals surface area contributed by atoms with Crippen LogP contribution in [-0.2, 0) is 4.74 Å². The predicted octanol–water partition coefficient (Wildman–Crippen LogP) is 3.89. The van der Waals surface area contributed by atoms with Crippen LogP contribution >= 0.6 is 23.2 Å². The molecule has 7 heteroatoms. The van der Waals surface area contributed by atoms with E-state index in [0.717, 1.165) is 0 Å². The van der Waals surface area contributed by atoms with Gasteiger partial charge in [-0.25, -0.2) is 9.78 Å². The molecular formula is C14H13Cl2N3O2. The van der Waals surface area contributed by atoms with E-state index in [1.807, 2.05) is 0 Å². The highest BCUT2D eigenvalue weighted by molar-refractivity contribution is 6.39. The normalized spacial score (nSPS) is 10.2. The number of nitrogens with one attached hydrogen (secondary N) is 1. The summed E-state index contributed by atoms with van der Waals surface area (Å²) in [5.74, 6) is -0.221. The van der Waals surface area contributed by atoms with Gasteiger partial charge in [0.1, 0.15) is 0 Å². The molecule has 0 amide bonds. The van der Waals surface area contributed by atoms with Crippen LogP contribution in [0.4, 0.5) is 17.2 Å². The molecule has 1 heterocycles. The first kappa shape index (κ1) is 15.4. The van der Waals surface area contributed by atoms with Crippen LogP contribution in [0.3, 0.4) is 0 Å². The molecule has 0 aliphatic heterocycles. The average Bonchev–Trinajstić information content (AvgIpc) is 2.45. The number of carbonyl (C=O) groups is 1. The molecule has 0 aliphatic carbocycles. The molecule has 0 saturated heterocycles. The highest BCUT2D eigenvalue weighted by Crippen LogP contribution is 2.34. The van der Waals surface area contributed by atoms with Gasteiger partial charge in [-0.1, -0.05) is 29.3 Å². The van der Waals surface area contributed by atoms with Crippen LogP contribution in [0.2, 0.25) is 10.0 Å². The second-order valence-electron chi connectivity index (χ2n) is 4.06. The molecule has 110 valence electrons. The fraction of sp³-hybridized carbons (Fsp3) is 0.143. The maximum absolute atomic E-state index is 11.8. The molecule has 0 radical (unpaired) electrons. The number of carbonyl (C=O) groups excluding carboxylic acids is 1. The summed E-state index contributed by atoms with van der Waals surface area (Å²) in [4.78, 5) is 15.9. The van der Waals surface area contributed by atoms with Gasteiger partial charge in [0.2, 0.25) is 0 Å². The van der Waals surface area contributed by atoms with Crippen molar-refractivity contribution in [3.63, 3.8) is 0 Å². The standard InChI is InChI=1S/C14H13Cl2N3O2/c1-2-21-14(20)8-6-7-18-13(11(8)17)19-12-9(15)4-3-5-10(12)16/h3-7H,2,17H2,1H3,(H,18,19). The smallest absolute Gasteiger partial charge is 0.340 e. The minimum atomic E-state index is -0.509. The Kier molecular flexibility index (Phi) is 4.88. The van der Waals surface area contributed by atoms with Crippen molar-refractivity contribution in [3.05, 3.63) is 46.1 Å². The molecule has 2 rings (SSSR count). The lowest BCUT2D eigenvalue weighted by atomic mass is 10.2. The first-order chi connectivity index (χ1) is 10.0. The Balaban J connectivity index is 2.37. The van der Waals surface area contributed by atoms with Gasteiger partial charge < -0.3 is 15.8 Å². The molecule has 1 aromatic carbocycles. The van der Waals surface area contributed by atoms with E-state index in [1.165, 1.54) is 12.3 Å². The summed E-state index contributed by atoms with van der Waals surface area (Å²) in [5, 5.41) is 3.78. The molecule has 0 atom stereocenters. The third kappa shape index (κ3) is 3.37. The summed E-state index contributed by atoms with van der Waals surface area (Å²) in [6.45, 7) is 1.98. The number of nitrogens with two attached hydrogens (primary N) is 1. The summed E-state index contributed by atoms with van der Waals surface area (Å²) in [7, 11) is 0. The lowest BCUT2D eigenvalue weighted by Gasteiger charge is -2.13. The molecule has 5 nitrogen and oxygen atoms in total. The fourth-order valence-corrected chi connectivity index (χ4v) is 2.19. The van der Waals surface area contributed by atoms with Crippen LogP contribution in [0, 0.1) is 0 Å². The van der Waals surface area contributed by atoms with Crippen LogP contribution in [0.5, 0.6) is 0 Å². The second kappa shape index (κ2) is 6.65. The molecule has 0 bridgehead atoms. The van der Waals surface area contributed by atoms with Crippen molar-refractivity contribution in [2.45, 2.75) is 6.92 Å². The Morgan fingerprint density at radius 3 is 2.62 bits per heavy atom. The second-order valence-corrected chi connectivity index (χ2v) is 4.88. The highest BCUT2D eigenvalue weighted by Gasteiger charge is 2.16. The van der Waals surface area contributed by atoms with E-state index in [9.17, 15) is 4.79 Å². The number of aromatic nitrogens is 1. The lowest BCUT2D eigenvalue weighted by Crippen LogP contribution is -2.10. The van der Waals surface area contributed by atoms with Crippen LogP contribution in [0.25, 0.3) is 0 Å². The summed E-state index contributed by atoms with van der Waals surface area (Å²) in [5.41, 5.74) is 6.83. The number of anilines is 3. The summed E-state index contributed by atoms with van der Waals surface area (Å²) < 4.78 is 4.93. The molecule has 3 N–H and O–H groups in total. The van der Waals surface area contributed by atoms with Crippen LogP contribution in [0.15, 0.2) is 30.5 Å². The number of para-hydroxylation sites is 1. The van der Waals surface area contributed by atoms with Gasteiger partial charge in [0.25, 0.3) is 0 Å². The minimum Gasteiger partial charge on any atom is -0.462 e. The zero-order valence-electron chi connectivity index (χ0n) is 11.2. The van der Waals surface area contributed by atoms with Gasteiger partial charge in [-0.05, 0) is 25.1 Å². The van der Waals surface area contributed by atoms with E-state index in [2.05, 4.69) is 10.3 Å². The van der Waals surface area contributed by atoms with Gasteiger partial charge in [0, 0.05) is 6.20 Å². The van der Waals surface area contributed by atoms with E-state index >= 15 is 0 Å². The van der Waals surface area contributed by atoms with Crippen molar-refractivity contribution in [1.82, 2.24) is 4.98 Å². The predicted molar refractivity (Wildman–Crippen MR) is 84.4 cm³/mol. The number of ether oxygens (including phenoxy) is 1. The number of halogens is 2. The minimum absolute atomic E-state index is 0.173. The molecule has 0 aliphatic rings. The lowest BCUT2D eigenvalue weighted by molar-refractivity contribution is 0.0527. The Morgan fingerprint density at radius 2 is 2.00 bits per heavy atom. The summed E-state index contributed by atoms with van der Waals surface area (Å²) in [6, 6.07) is 6.58. The van der Waals surface area contributed by atoms with E-state index in [1.54, 1.807) is 25.1 Å². The van der Waals surface area contributed by atoms with Crippen molar-refractivity contribution >= 4 is 46.4 Å². The van der Waals surface area contributed by atoms with Crippen molar-refractivity contribution < 1.29 is 9.53 Å². The van der Waals surface area contributed by atoms with Gasteiger partial charge in [-0.3, -0.25) is 0 Å². The molecule has 1 aromatic heterocycles. The highest BCUT2D eigenvalue weighted by atomic mass is 35.5. The number of benzene rings is 1. The number of pyridine rings is 1. The van der Waals surface area contributed by atoms with Gasteiger partial charge in [-0.15, -0.1) is 0 Å².